The molecule has 0 spiro atoms. The normalized spacial score (nSPS) is 18.3. The van der Waals surface area contributed by atoms with Crippen molar-refractivity contribution >= 4 is 5.97 Å². The Kier molecular flexibility index (Phi) is 9.95. The van der Waals surface area contributed by atoms with Gasteiger partial charge in [0.25, 0.3) is 0 Å². The molecule has 0 unspecified atom stereocenters. The number of carboxylic acids is 1. The van der Waals surface area contributed by atoms with Crippen LogP contribution in [0.25, 0.3) is 5.69 Å². The molecule has 34 heavy (non-hydrogen) atoms. The lowest BCUT2D eigenvalue weighted by molar-refractivity contribution is -0.192. The highest BCUT2D eigenvalue weighted by Crippen LogP contribution is 2.26. The van der Waals surface area contributed by atoms with Crippen molar-refractivity contribution in [2.75, 3.05) is 26.2 Å². The average Bonchev–Trinajstić information content (AvgIpc) is 3.36. The van der Waals surface area contributed by atoms with Crippen molar-refractivity contribution in [2.45, 2.75) is 57.7 Å². The molecule has 1 saturated heterocycles. The van der Waals surface area contributed by atoms with Crippen LogP contribution in [-0.4, -0.2) is 57.9 Å². The fraction of sp³-hybridized carbons (Fsp3) is 0.600. The summed E-state index contributed by atoms with van der Waals surface area (Å²) in [6.07, 6.45) is 10.6. The van der Waals surface area contributed by atoms with Gasteiger partial charge in [-0.05, 0) is 74.8 Å². The molecule has 0 bridgehead atoms. The van der Waals surface area contributed by atoms with Crippen molar-refractivity contribution in [1.82, 2.24) is 19.8 Å². The van der Waals surface area contributed by atoms with Gasteiger partial charge in [0.15, 0.2) is 0 Å². The summed E-state index contributed by atoms with van der Waals surface area (Å²) in [5.74, 6) is -0.937. The molecule has 1 saturated carbocycles. The molecule has 1 aliphatic heterocycles. The molecule has 2 aliphatic rings. The Hall–Kier alpha value is -2.39. The predicted molar refractivity (Wildman–Crippen MR) is 125 cm³/mol. The lowest BCUT2D eigenvalue weighted by Crippen LogP contribution is -2.39. The van der Waals surface area contributed by atoms with E-state index < -0.39 is 12.1 Å². The first-order valence-corrected chi connectivity index (χ1v) is 12.1. The molecular weight excluding hydrogens is 445 g/mol. The van der Waals surface area contributed by atoms with Gasteiger partial charge in [0.1, 0.15) is 0 Å². The van der Waals surface area contributed by atoms with E-state index in [9.17, 15) is 13.2 Å². The number of benzene rings is 1. The largest absolute Gasteiger partial charge is 0.490 e. The van der Waals surface area contributed by atoms with E-state index in [1.54, 1.807) is 0 Å². The number of carboxylic acid groups (broad SMARTS) is 1. The van der Waals surface area contributed by atoms with Gasteiger partial charge >= 0.3 is 12.1 Å². The molecule has 4 rings (SSSR count). The number of alkyl halides is 3. The number of nitrogens with zero attached hydrogens (tertiary/aromatic N) is 3. The fourth-order valence-corrected chi connectivity index (χ4v) is 4.77. The average molecular weight is 481 g/mol. The van der Waals surface area contributed by atoms with Crippen molar-refractivity contribution in [1.29, 1.82) is 0 Å². The van der Waals surface area contributed by atoms with Crippen LogP contribution >= 0.6 is 0 Å². The van der Waals surface area contributed by atoms with Gasteiger partial charge in [-0.2, -0.15) is 13.2 Å². The first-order valence-electron chi connectivity index (χ1n) is 12.1. The third-order valence-electron chi connectivity index (χ3n) is 6.67. The molecule has 188 valence electrons. The maximum absolute atomic E-state index is 10.6. The number of piperidine rings is 1. The van der Waals surface area contributed by atoms with Crippen LogP contribution < -0.4 is 5.32 Å². The van der Waals surface area contributed by atoms with Crippen LogP contribution in [-0.2, 0) is 11.3 Å². The highest BCUT2D eigenvalue weighted by atomic mass is 19.4. The number of hydrogen-bond donors (Lipinski definition) is 2. The standard InChI is InChI=1S/C23H34N4.C2HF3O2/c1-2-5-21(6-3-1)18-26-12-9-20(10-13-26)16-25-17-22-7-4-8-23(15-22)27-14-11-24-19-27;3-2(4,5)1(6)7/h4,7-8,11,14-15,19-21,25H,1-3,5-6,9-10,12-13,16-18H2;(H,6,7). The van der Waals surface area contributed by atoms with Gasteiger partial charge in [-0.25, -0.2) is 9.78 Å². The van der Waals surface area contributed by atoms with E-state index in [0.29, 0.717) is 0 Å². The number of halogens is 3. The number of hydrogen-bond acceptors (Lipinski definition) is 4. The Morgan fingerprint density at radius 3 is 2.41 bits per heavy atom. The summed E-state index contributed by atoms with van der Waals surface area (Å²) in [6, 6.07) is 8.73. The van der Waals surface area contributed by atoms with E-state index in [1.165, 1.54) is 75.8 Å². The maximum atomic E-state index is 10.6. The number of likely N-dealkylation sites (tertiary alicyclic amines) is 1. The zero-order valence-corrected chi connectivity index (χ0v) is 19.5. The van der Waals surface area contributed by atoms with Gasteiger partial charge in [-0.1, -0.05) is 31.4 Å². The third kappa shape index (κ3) is 8.76. The maximum Gasteiger partial charge on any atom is 0.490 e. The topological polar surface area (TPSA) is 70.4 Å². The number of aromatic nitrogens is 2. The molecular formula is C25H35F3N4O2. The molecule has 0 atom stereocenters. The summed E-state index contributed by atoms with van der Waals surface area (Å²) in [7, 11) is 0. The monoisotopic (exact) mass is 480 g/mol. The highest BCUT2D eigenvalue weighted by molar-refractivity contribution is 5.73. The Balaban J connectivity index is 0.000000406. The molecule has 0 amide bonds. The summed E-state index contributed by atoms with van der Waals surface area (Å²) in [5.41, 5.74) is 2.53. The third-order valence-corrected chi connectivity index (χ3v) is 6.67. The second kappa shape index (κ2) is 12.9. The van der Waals surface area contributed by atoms with Crippen molar-refractivity contribution in [3.63, 3.8) is 0 Å². The van der Waals surface area contributed by atoms with Gasteiger partial charge in [-0.15, -0.1) is 0 Å². The van der Waals surface area contributed by atoms with Crippen LogP contribution in [0, 0.1) is 11.8 Å². The minimum Gasteiger partial charge on any atom is -0.475 e. The van der Waals surface area contributed by atoms with E-state index in [4.69, 9.17) is 9.90 Å². The molecule has 2 aromatic rings. The lowest BCUT2D eigenvalue weighted by Gasteiger charge is -2.35. The SMILES string of the molecule is O=C(O)C(F)(F)F.c1cc(CNCC2CCN(CC3CCCCC3)CC2)cc(-n2ccnc2)c1. The van der Waals surface area contributed by atoms with E-state index in [0.717, 1.165) is 24.9 Å². The van der Waals surface area contributed by atoms with Gasteiger partial charge < -0.3 is 19.9 Å². The van der Waals surface area contributed by atoms with E-state index in [1.807, 2.05) is 18.7 Å². The highest BCUT2D eigenvalue weighted by Gasteiger charge is 2.38. The summed E-state index contributed by atoms with van der Waals surface area (Å²) in [5, 5.41) is 10.8. The number of nitrogens with one attached hydrogen (secondary N) is 1. The molecule has 1 aromatic heterocycles. The van der Waals surface area contributed by atoms with Crippen molar-refractivity contribution < 1.29 is 23.1 Å². The van der Waals surface area contributed by atoms with Crippen molar-refractivity contribution in [3.05, 3.63) is 48.5 Å². The van der Waals surface area contributed by atoms with E-state index >= 15 is 0 Å². The Morgan fingerprint density at radius 2 is 1.79 bits per heavy atom. The smallest absolute Gasteiger partial charge is 0.475 e. The Bertz CT molecular complexity index is 859. The fourth-order valence-electron chi connectivity index (χ4n) is 4.77. The Labute approximate surface area is 199 Å². The summed E-state index contributed by atoms with van der Waals surface area (Å²) in [6.45, 7) is 6.07. The minimum atomic E-state index is -5.08. The zero-order chi connectivity index (χ0) is 24.4. The number of aliphatic carboxylic acids is 1. The van der Waals surface area contributed by atoms with Gasteiger partial charge in [0.2, 0.25) is 0 Å². The lowest BCUT2D eigenvalue weighted by atomic mass is 9.88. The quantitative estimate of drug-likeness (QED) is 0.591. The van der Waals surface area contributed by atoms with Crippen LogP contribution in [0.4, 0.5) is 13.2 Å². The van der Waals surface area contributed by atoms with E-state index in [2.05, 4.69) is 44.0 Å². The second-order valence-electron chi connectivity index (χ2n) is 9.32. The van der Waals surface area contributed by atoms with E-state index in [-0.39, 0.29) is 0 Å². The van der Waals surface area contributed by atoms with Gasteiger partial charge in [0.05, 0.1) is 6.33 Å². The summed E-state index contributed by atoms with van der Waals surface area (Å²) < 4.78 is 33.8. The van der Waals surface area contributed by atoms with Crippen molar-refractivity contribution in [2.24, 2.45) is 11.8 Å². The summed E-state index contributed by atoms with van der Waals surface area (Å²) in [4.78, 5) is 15.8. The van der Waals surface area contributed by atoms with Crippen LogP contribution in [0.3, 0.4) is 0 Å². The minimum absolute atomic E-state index is 0.837. The van der Waals surface area contributed by atoms with Crippen LogP contribution in [0.1, 0.15) is 50.5 Å². The molecule has 2 fully saturated rings. The van der Waals surface area contributed by atoms with Gasteiger partial charge in [-0.3, -0.25) is 0 Å². The van der Waals surface area contributed by atoms with Gasteiger partial charge in [0, 0.05) is 31.2 Å². The summed E-state index contributed by atoms with van der Waals surface area (Å²) >= 11 is 0. The van der Waals surface area contributed by atoms with Crippen molar-refractivity contribution in [3.8, 4) is 5.69 Å². The molecule has 2 heterocycles. The number of rotatable bonds is 7. The molecule has 0 radical (unpaired) electrons. The predicted octanol–water partition coefficient (Wildman–Crippen LogP) is 4.89. The number of imidazole rings is 1. The van der Waals surface area contributed by atoms with Crippen LogP contribution in [0.2, 0.25) is 0 Å². The second-order valence-corrected chi connectivity index (χ2v) is 9.32. The molecule has 2 N–H and O–H groups in total. The molecule has 6 nitrogen and oxygen atoms in total. The zero-order valence-electron chi connectivity index (χ0n) is 19.5. The van der Waals surface area contributed by atoms with Crippen LogP contribution in [0.5, 0.6) is 0 Å². The number of carbonyl (C=O) groups is 1. The molecule has 1 aliphatic carbocycles. The van der Waals surface area contributed by atoms with Crippen LogP contribution in [0.15, 0.2) is 43.0 Å². The molecule has 1 aromatic carbocycles. The Morgan fingerprint density at radius 1 is 1.09 bits per heavy atom. The first-order chi connectivity index (χ1) is 16.3. The first kappa shape index (κ1) is 26.2. The molecule has 9 heteroatoms.